The van der Waals surface area contributed by atoms with Gasteiger partial charge in [-0.15, -0.1) is 0 Å². The summed E-state index contributed by atoms with van der Waals surface area (Å²) in [7, 11) is 0. The lowest BCUT2D eigenvalue weighted by Crippen LogP contribution is -2.40. The standard InChI is InChI=1S/C14H25N3/c1-11-6-7-13(12(2)17-11)10-15-8-9-16-14(3,4)5/h6-7,15-16H,8-10H2,1-5H3. The topological polar surface area (TPSA) is 37.0 Å². The van der Waals surface area contributed by atoms with Crippen LogP contribution in [0.1, 0.15) is 37.7 Å². The molecule has 3 heteroatoms. The fraction of sp³-hybridized carbons (Fsp3) is 0.643. The Labute approximate surface area is 105 Å². The van der Waals surface area contributed by atoms with Crippen molar-refractivity contribution in [1.82, 2.24) is 15.6 Å². The van der Waals surface area contributed by atoms with E-state index in [-0.39, 0.29) is 5.54 Å². The third-order valence-electron chi connectivity index (χ3n) is 2.61. The van der Waals surface area contributed by atoms with Crippen LogP contribution in [0.5, 0.6) is 0 Å². The second kappa shape index (κ2) is 6.12. The van der Waals surface area contributed by atoms with Crippen LogP contribution in [-0.2, 0) is 6.54 Å². The monoisotopic (exact) mass is 235 g/mol. The minimum atomic E-state index is 0.197. The van der Waals surface area contributed by atoms with E-state index in [4.69, 9.17) is 0 Å². The van der Waals surface area contributed by atoms with Gasteiger partial charge < -0.3 is 10.6 Å². The molecule has 0 radical (unpaired) electrons. The van der Waals surface area contributed by atoms with E-state index >= 15 is 0 Å². The maximum Gasteiger partial charge on any atom is 0.0420 e. The molecule has 1 aromatic heterocycles. The molecule has 0 fully saturated rings. The Balaban J connectivity index is 2.27. The van der Waals surface area contributed by atoms with Crippen molar-refractivity contribution >= 4 is 0 Å². The largest absolute Gasteiger partial charge is 0.311 e. The first-order valence-corrected chi connectivity index (χ1v) is 6.27. The number of aromatic nitrogens is 1. The molecule has 1 rings (SSSR count). The molecule has 0 aromatic carbocycles. The summed E-state index contributed by atoms with van der Waals surface area (Å²) >= 11 is 0. The summed E-state index contributed by atoms with van der Waals surface area (Å²) in [6, 6.07) is 4.22. The molecule has 0 aliphatic rings. The molecule has 96 valence electrons. The van der Waals surface area contributed by atoms with E-state index in [1.165, 1.54) is 5.56 Å². The molecule has 17 heavy (non-hydrogen) atoms. The molecule has 2 N–H and O–H groups in total. The highest BCUT2D eigenvalue weighted by Crippen LogP contribution is 2.05. The van der Waals surface area contributed by atoms with Crippen molar-refractivity contribution in [3.05, 3.63) is 29.1 Å². The summed E-state index contributed by atoms with van der Waals surface area (Å²) < 4.78 is 0. The zero-order valence-electron chi connectivity index (χ0n) is 11.7. The summed E-state index contributed by atoms with van der Waals surface area (Å²) in [6.45, 7) is 13.5. The van der Waals surface area contributed by atoms with E-state index in [1.54, 1.807) is 0 Å². The molecule has 0 saturated heterocycles. The van der Waals surface area contributed by atoms with Gasteiger partial charge in [-0.1, -0.05) is 6.07 Å². The fourth-order valence-corrected chi connectivity index (χ4v) is 1.65. The van der Waals surface area contributed by atoms with Crippen LogP contribution in [0, 0.1) is 13.8 Å². The zero-order valence-corrected chi connectivity index (χ0v) is 11.7. The van der Waals surface area contributed by atoms with Crippen LogP contribution < -0.4 is 10.6 Å². The zero-order chi connectivity index (χ0) is 12.9. The molecule has 0 aliphatic heterocycles. The fourth-order valence-electron chi connectivity index (χ4n) is 1.65. The molecule has 0 atom stereocenters. The number of nitrogens with one attached hydrogen (secondary N) is 2. The predicted molar refractivity (Wildman–Crippen MR) is 73.2 cm³/mol. The average molecular weight is 235 g/mol. The SMILES string of the molecule is Cc1ccc(CNCCNC(C)(C)C)c(C)n1. The Bertz CT molecular complexity index is 353. The van der Waals surface area contributed by atoms with E-state index < -0.39 is 0 Å². The highest BCUT2D eigenvalue weighted by molar-refractivity contribution is 5.21. The van der Waals surface area contributed by atoms with Gasteiger partial charge in [-0.25, -0.2) is 0 Å². The number of hydrogen-bond donors (Lipinski definition) is 2. The van der Waals surface area contributed by atoms with Gasteiger partial charge in [0.15, 0.2) is 0 Å². The van der Waals surface area contributed by atoms with E-state index in [1.807, 2.05) is 6.92 Å². The Hall–Kier alpha value is -0.930. The average Bonchev–Trinajstić information content (AvgIpc) is 2.18. The molecule has 0 amide bonds. The summed E-state index contributed by atoms with van der Waals surface area (Å²) in [6.07, 6.45) is 0. The molecule has 1 heterocycles. The van der Waals surface area contributed by atoms with E-state index in [9.17, 15) is 0 Å². The quantitative estimate of drug-likeness (QED) is 0.768. The highest BCUT2D eigenvalue weighted by Gasteiger charge is 2.07. The van der Waals surface area contributed by atoms with Gasteiger partial charge in [-0.3, -0.25) is 4.98 Å². The van der Waals surface area contributed by atoms with Gasteiger partial charge in [0.25, 0.3) is 0 Å². The molecule has 0 unspecified atom stereocenters. The molecule has 0 bridgehead atoms. The number of nitrogens with zero attached hydrogens (tertiary/aromatic N) is 1. The van der Waals surface area contributed by atoms with Crippen molar-refractivity contribution < 1.29 is 0 Å². The van der Waals surface area contributed by atoms with Crippen LogP contribution in [0.15, 0.2) is 12.1 Å². The van der Waals surface area contributed by atoms with Gasteiger partial charge in [0.2, 0.25) is 0 Å². The maximum absolute atomic E-state index is 4.46. The molecule has 1 aromatic rings. The van der Waals surface area contributed by atoms with Crippen LogP contribution in [0.4, 0.5) is 0 Å². The number of hydrogen-bond acceptors (Lipinski definition) is 3. The van der Waals surface area contributed by atoms with Gasteiger partial charge in [0.05, 0.1) is 0 Å². The first kappa shape index (κ1) is 14.1. The summed E-state index contributed by atoms with van der Waals surface area (Å²) in [5, 5.41) is 6.89. The van der Waals surface area contributed by atoms with Crippen molar-refractivity contribution in [1.29, 1.82) is 0 Å². The Morgan fingerprint density at radius 2 is 1.82 bits per heavy atom. The minimum absolute atomic E-state index is 0.197. The van der Waals surface area contributed by atoms with Crippen LogP contribution in [0.25, 0.3) is 0 Å². The summed E-state index contributed by atoms with van der Waals surface area (Å²) in [5.74, 6) is 0. The van der Waals surface area contributed by atoms with Gasteiger partial charge in [0, 0.05) is 36.6 Å². The van der Waals surface area contributed by atoms with Crippen LogP contribution in [0.3, 0.4) is 0 Å². The maximum atomic E-state index is 4.46. The van der Waals surface area contributed by atoms with Crippen molar-refractivity contribution in [2.24, 2.45) is 0 Å². The lowest BCUT2D eigenvalue weighted by atomic mass is 10.1. The van der Waals surface area contributed by atoms with E-state index in [0.29, 0.717) is 0 Å². The predicted octanol–water partition coefficient (Wildman–Crippen LogP) is 2.18. The second-order valence-electron chi connectivity index (χ2n) is 5.55. The molecular weight excluding hydrogens is 210 g/mol. The molecule has 0 aliphatic carbocycles. The Morgan fingerprint density at radius 1 is 1.12 bits per heavy atom. The van der Waals surface area contributed by atoms with Gasteiger partial charge >= 0.3 is 0 Å². The molecule has 3 nitrogen and oxygen atoms in total. The lowest BCUT2D eigenvalue weighted by molar-refractivity contribution is 0.421. The molecule has 0 spiro atoms. The third kappa shape index (κ3) is 5.80. The number of rotatable bonds is 5. The summed E-state index contributed by atoms with van der Waals surface area (Å²) in [4.78, 5) is 4.46. The minimum Gasteiger partial charge on any atom is -0.311 e. The van der Waals surface area contributed by atoms with Crippen LogP contribution in [-0.4, -0.2) is 23.6 Å². The van der Waals surface area contributed by atoms with Crippen molar-refractivity contribution in [2.45, 2.75) is 46.7 Å². The number of pyridine rings is 1. The van der Waals surface area contributed by atoms with Gasteiger partial charge in [0.1, 0.15) is 0 Å². The van der Waals surface area contributed by atoms with Crippen molar-refractivity contribution in [3.63, 3.8) is 0 Å². The van der Waals surface area contributed by atoms with E-state index in [0.717, 1.165) is 31.0 Å². The van der Waals surface area contributed by atoms with Crippen molar-refractivity contribution in [2.75, 3.05) is 13.1 Å². The van der Waals surface area contributed by atoms with E-state index in [2.05, 4.69) is 55.4 Å². The lowest BCUT2D eigenvalue weighted by Gasteiger charge is -2.20. The van der Waals surface area contributed by atoms with Crippen LogP contribution in [0.2, 0.25) is 0 Å². The highest BCUT2D eigenvalue weighted by atomic mass is 15.0. The first-order chi connectivity index (χ1) is 7.88. The Morgan fingerprint density at radius 3 is 2.41 bits per heavy atom. The number of aryl methyl sites for hydroxylation is 2. The second-order valence-corrected chi connectivity index (χ2v) is 5.55. The Kier molecular flexibility index (Phi) is 5.09. The van der Waals surface area contributed by atoms with Crippen LogP contribution >= 0.6 is 0 Å². The molecule has 0 saturated carbocycles. The van der Waals surface area contributed by atoms with Gasteiger partial charge in [-0.2, -0.15) is 0 Å². The van der Waals surface area contributed by atoms with Gasteiger partial charge in [-0.05, 0) is 46.2 Å². The molecular formula is C14H25N3. The third-order valence-corrected chi connectivity index (χ3v) is 2.61. The summed E-state index contributed by atoms with van der Waals surface area (Å²) in [5.41, 5.74) is 3.69. The normalized spacial score (nSPS) is 11.8. The smallest absolute Gasteiger partial charge is 0.0420 e. The first-order valence-electron chi connectivity index (χ1n) is 6.27. The van der Waals surface area contributed by atoms with Crippen molar-refractivity contribution in [3.8, 4) is 0 Å².